The van der Waals surface area contributed by atoms with Crippen LogP contribution in [0.25, 0.3) is 6.08 Å². The number of anilines is 1. The highest BCUT2D eigenvalue weighted by Crippen LogP contribution is 2.43. The van der Waals surface area contributed by atoms with Gasteiger partial charge in [-0.3, -0.25) is 4.79 Å². The third-order valence-electron chi connectivity index (χ3n) is 5.46. The van der Waals surface area contributed by atoms with Crippen molar-refractivity contribution in [3.63, 3.8) is 0 Å². The van der Waals surface area contributed by atoms with E-state index >= 15 is 0 Å². The number of piperidine rings is 1. The number of nitriles is 1. The molecule has 0 atom stereocenters. The van der Waals surface area contributed by atoms with Crippen molar-refractivity contribution in [3.05, 3.63) is 59.3 Å². The number of fused-ring (bicyclic) bond motifs is 2. The van der Waals surface area contributed by atoms with Gasteiger partial charge >= 0.3 is 0 Å². The minimum atomic E-state index is -0.297. The fourth-order valence-electron chi connectivity index (χ4n) is 3.94. The van der Waals surface area contributed by atoms with Gasteiger partial charge in [-0.2, -0.15) is 5.26 Å². The van der Waals surface area contributed by atoms with E-state index in [-0.39, 0.29) is 23.4 Å². The first kappa shape index (κ1) is 17.2. The van der Waals surface area contributed by atoms with Crippen LogP contribution in [0.4, 0.5) is 5.82 Å². The lowest BCUT2D eigenvalue weighted by atomic mass is 9.74. The van der Waals surface area contributed by atoms with E-state index in [1.807, 2.05) is 12.1 Å². The number of benzene rings is 1. The molecule has 1 aliphatic heterocycles. The highest BCUT2D eigenvalue weighted by atomic mass is 16.1. The summed E-state index contributed by atoms with van der Waals surface area (Å²) in [4.78, 5) is 14.2. The highest BCUT2D eigenvalue weighted by molar-refractivity contribution is 5.92. The van der Waals surface area contributed by atoms with Gasteiger partial charge in [0.15, 0.2) is 11.5 Å². The Morgan fingerprint density at radius 3 is 2.74 bits per heavy atom. The van der Waals surface area contributed by atoms with Crippen LogP contribution in [0.1, 0.15) is 40.9 Å². The van der Waals surface area contributed by atoms with Crippen LogP contribution in [-0.2, 0) is 5.41 Å². The molecule has 4 rings (SSSR count). The van der Waals surface area contributed by atoms with Crippen LogP contribution in [0.3, 0.4) is 0 Å². The van der Waals surface area contributed by atoms with Crippen LogP contribution >= 0.6 is 0 Å². The van der Waals surface area contributed by atoms with E-state index < -0.39 is 0 Å². The van der Waals surface area contributed by atoms with Gasteiger partial charge in [0.1, 0.15) is 0 Å². The van der Waals surface area contributed by atoms with Crippen LogP contribution < -0.4 is 10.2 Å². The lowest BCUT2D eigenvalue weighted by Crippen LogP contribution is -2.41. The van der Waals surface area contributed by atoms with Crippen LogP contribution in [-0.4, -0.2) is 35.7 Å². The maximum atomic E-state index is 11.9. The predicted molar refractivity (Wildman–Crippen MR) is 103 cm³/mol. The molecule has 1 spiro atoms. The van der Waals surface area contributed by atoms with Crippen molar-refractivity contribution in [1.29, 1.82) is 5.26 Å². The number of hydrogen-bond acceptors (Lipinski definition) is 5. The Bertz CT molecular complexity index is 905. The summed E-state index contributed by atoms with van der Waals surface area (Å²) in [5.74, 6) is 0.503. The second-order valence-corrected chi connectivity index (χ2v) is 7.00. The molecule has 2 aromatic rings. The summed E-state index contributed by atoms with van der Waals surface area (Å²) in [5.41, 5.74) is 3.18. The number of carbonyl (C=O) groups is 1. The van der Waals surface area contributed by atoms with Gasteiger partial charge < -0.3 is 10.2 Å². The van der Waals surface area contributed by atoms with Crippen molar-refractivity contribution in [1.82, 2.24) is 15.5 Å². The molecule has 6 heteroatoms. The van der Waals surface area contributed by atoms with Crippen molar-refractivity contribution in [2.45, 2.75) is 24.7 Å². The lowest BCUT2D eigenvalue weighted by molar-refractivity contribution is 0.0948. The van der Waals surface area contributed by atoms with E-state index in [0.29, 0.717) is 6.54 Å². The van der Waals surface area contributed by atoms with Gasteiger partial charge in [0.25, 0.3) is 5.91 Å². The van der Waals surface area contributed by atoms with Crippen molar-refractivity contribution >= 4 is 17.8 Å². The quantitative estimate of drug-likeness (QED) is 0.849. The van der Waals surface area contributed by atoms with E-state index in [2.05, 4.69) is 56.8 Å². The lowest BCUT2D eigenvalue weighted by Gasteiger charge is -2.39. The molecule has 1 aliphatic carbocycles. The Kier molecular flexibility index (Phi) is 4.59. The molecule has 1 saturated heterocycles. The van der Waals surface area contributed by atoms with Gasteiger partial charge in [-0.15, -0.1) is 10.2 Å². The molecule has 1 aromatic heterocycles. The van der Waals surface area contributed by atoms with Crippen molar-refractivity contribution in [2.24, 2.45) is 0 Å². The number of rotatable bonds is 4. The molecular formula is C21H21N5O. The second kappa shape index (κ2) is 7.20. The third-order valence-corrected chi connectivity index (χ3v) is 5.46. The zero-order valence-electron chi connectivity index (χ0n) is 15.1. The van der Waals surface area contributed by atoms with Crippen molar-refractivity contribution < 1.29 is 4.79 Å². The van der Waals surface area contributed by atoms with Gasteiger partial charge in [-0.25, -0.2) is 0 Å². The zero-order chi connectivity index (χ0) is 18.7. The zero-order valence-corrected chi connectivity index (χ0v) is 15.1. The largest absolute Gasteiger partial charge is 0.355 e. The maximum absolute atomic E-state index is 11.9. The van der Waals surface area contributed by atoms with E-state index in [1.54, 1.807) is 6.07 Å². The first-order chi connectivity index (χ1) is 13.2. The summed E-state index contributed by atoms with van der Waals surface area (Å²) in [6.45, 7) is 2.13. The molecule has 0 unspecified atom stereocenters. The van der Waals surface area contributed by atoms with Crippen LogP contribution in [0.2, 0.25) is 0 Å². The Hall–Kier alpha value is -3.20. The van der Waals surface area contributed by atoms with Gasteiger partial charge in [0, 0.05) is 25.0 Å². The Morgan fingerprint density at radius 1 is 1.19 bits per heavy atom. The third kappa shape index (κ3) is 3.28. The summed E-state index contributed by atoms with van der Waals surface area (Å²) < 4.78 is 0. The molecule has 0 saturated carbocycles. The topological polar surface area (TPSA) is 81.9 Å². The second-order valence-electron chi connectivity index (χ2n) is 7.00. The molecule has 2 aliphatic rings. The molecule has 1 amide bonds. The van der Waals surface area contributed by atoms with E-state index in [4.69, 9.17) is 5.26 Å². The molecular weight excluding hydrogens is 338 g/mol. The van der Waals surface area contributed by atoms with Crippen molar-refractivity contribution in [3.8, 4) is 6.07 Å². The monoisotopic (exact) mass is 359 g/mol. The molecule has 1 aromatic carbocycles. The Balaban J connectivity index is 1.40. The number of amides is 1. The average Bonchev–Trinajstić information content (AvgIpc) is 3.07. The van der Waals surface area contributed by atoms with Crippen LogP contribution in [0, 0.1) is 11.3 Å². The van der Waals surface area contributed by atoms with Gasteiger partial charge in [-0.1, -0.05) is 36.4 Å². The minimum absolute atomic E-state index is 0.140. The van der Waals surface area contributed by atoms with E-state index in [9.17, 15) is 4.79 Å². The van der Waals surface area contributed by atoms with Crippen LogP contribution in [0.5, 0.6) is 0 Å². The smallest absolute Gasteiger partial charge is 0.271 e. The van der Waals surface area contributed by atoms with Gasteiger partial charge in [-0.05, 0) is 36.1 Å². The Morgan fingerprint density at radius 2 is 2.00 bits per heavy atom. The predicted octanol–water partition coefficient (Wildman–Crippen LogP) is 2.69. The fraction of sp³-hybridized carbons (Fsp3) is 0.333. The van der Waals surface area contributed by atoms with E-state index in [0.717, 1.165) is 31.7 Å². The normalized spacial score (nSPS) is 16.8. The summed E-state index contributed by atoms with van der Waals surface area (Å²) >= 11 is 0. The number of nitrogens with zero attached hydrogens (tertiary/aromatic N) is 4. The van der Waals surface area contributed by atoms with E-state index in [1.165, 1.54) is 11.1 Å². The summed E-state index contributed by atoms with van der Waals surface area (Å²) in [5, 5.41) is 19.5. The first-order valence-electron chi connectivity index (χ1n) is 9.24. The molecule has 6 nitrogen and oxygen atoms in total. The first-order valence-corrected chi connectivity index (χ1v) is 9.24. The van der Waals surface area contributed by atoms with Crippen LogP contribution in [0.15, 0.2) is 42.5 Å². The number of carbonyl (C=O) groups excluding carboxylic acids is 1. The van der Waals surface area contributed by atoms with Gasteiger partial charge in [0.05, 0.1) is 12.5 Å². The Labute approximate surface area is 158 Å². The fourth-order valence-corrected chi connectivity index (χ4v) is 3.94. The molecule has 0 radical (unpaired) electrons. The SMILES string of the molecule is N#CCCNC(=O)c1ccc(N2CCC3(C=Cc4ccccc43)CC2)nn1. The molecule has 2 heterocycles. The molecule has 0 bridgehead atoms. The number of allylic oxidation sites excluding steroid dienone is 1. The molecule has 1 fully saturated rings. The summed E-state index contributed by atoms with van der Waals surface area (Å²) in [6.07, 6.45) is 6.96. The average molecular weight is 359 g/mol. The highest BCUT2D eigenvalue weighted by Gasteiger charge is 2.38. The number of aromatic nitrogens is 2. The minimum Gasteiger partial charge on any atom is -0.355 e. The van der Waals surface area contributed by atoms with Crippen molar-refractivity contribution in [2.75, 3.05) is 24.5 Å². The summed E-state index contributed by atoms with van der Waals surface area (Å²) in [7, 11) is 0. The van der Waals surface area contributed by atoms with Gasteiger partial charge in [0.2, 0.25) is 0 Å². The molecule has 1 N–H and O–H groups in total. The molecule has 27 heavy (non-hydrogen) atoms. The number of nitrogens with one attached hydrogen (secondary N) is 1. The number of hydrogen-bond donors (Lipinski definition) is 1. The summed E-state index contributed by atoms with van der Waals surface area (Å²) in [6, 6.07) is 14.2. The maximum Gasteiger partial charge on any atom is 0.271 e. The standard InChI is InChI=1S/C21H21N5O/c22-12-3-13-23-20(27)18-6-7-19(25-24-18)26-14-10-21(11-15-26)9-8-16-4-1-2-5-17(16)21/h1-2,4-9H,3,10-11,13-15H2,(H,23,27). The molecule has 136 valence electrons.